The molecule has 0 radical (unpaired) electrons. The van der Waals surface area contributed by atoms with Crippen molar-refractivity contribution in [3.63, 3.8) is 0 Å². The molecule has 3 aromatic rings. The molecule has 0 atom stereocenters. The minimum atomic E-state index is -4.03. The monoisotopic (exact) mass is 491 g/mol. The summed E-state index contributed by atoms with van der Waals surface area (Å²) >= 11 is 6.37. The molecule has 0 aliphatic heterocycles. The Hall–Kier alpha value is -2.97. The van der Waals surface area contributed by atoms with Gasteiger partial charge in [0.05, 0.1) is 11.3 Å². The Bertz CT molecular complexity index is 1300. The molecule has 2 aromatic carbocycles. The minimum absolute atomic E-state index is 0.117. The van der Waals surface area contributed by atoms with Crippen molar-refractivity contribution in [2.75, 3.05) is 4.31 Å². The molecule has 0 saturated carbocycles. The van der Waals surface area contributed by atoms with Gasteiger partial charge < -0.3 is 14.3 Å². The summed E-state index contributed by atoms with van der Waals surface area (Å²) in [7, 11) is -4.03. The lowest BCUT2D eigenvalue weighted by Crippen LogP contribution is -2.37. The molecule has 7 nitrogen and oxygen atoms in total. The van der Waals surface area contributed by atoms with Gasteiger partial charge in [-0.05, 0) is 87.7 Å². The fraction of sp³-hybridized carbons (Fsp3) is 0.292. The molecule has 0 unspecified atom stereocenters. The molecule has 0 fully saturated rings. The molecule has 0 bridgehead atoms. The number of nitrogens with zero attached hydrogens (tertiary/aromatic N) is 1. The summed E-state index contributed by atoms with van der Waals surface area (Å²) in [6, 6.07) is 10.6. The van der Waals surface area contributed by atoms with Crippen LogP contribution in [0.4, 0.5) is 5.69 Å². The highest BCUT2D eigenvalue weighted by atomic mass is 35.5. The Morgan fingerprint density at radius 2 is 1.79 bits per heavy atom. The molecule has 0 aliphatic carbocycles. The number of sulfonamides is 1. The summed E-state index contributed by atoms with van der Waals surface area (Å²) < 4.78 is 39.6. The van der Waals surface area contributed by atoms with Crippen molar-refractivity contribution in [3.05, 3.63) is 75.5 Å². The topological polar surface area (TPSA) is 97.0 Å². The van der Waals surface area contributed by atoms with Crippen LogP contribution in [0.5, 0.6) is 5.75 Å². The van der Waals surface area contributed by atoms with Crippen molar-refractivity contribution in [1.82, 2.24) is 0 Å². The average molecular weight is 492 g/mol. The number of anilines is 1. The van der Waals surface area contributed by atoms with Crippen LogP contribution in [-0.2, 0) is 16.6 Å². The first-order chi connectivity index (χ1) is 15.4. The molecule has 1 N–H and O–H groups in total. The van der Waals surface area contributed by atoms with E-state index in [2.05, 4.69) is 0 Å². The van der Waals surface area contributed by atoms with Gasteiger partial charge in [0.1, 0.15) is 18.1 Å². The van der Waals surface area contributed by atoms with Crippen molar-refractivity contribution in [2.24, 2.45) is 0 Å². The summed E-state index contributed by atoms with van der Waals surface area (Å²) in [5.74, 6) is -0.192. The van der Waals surface area contributed by atoms with Crippen LogP contribution >= 0.6 is 11.6 Å². The highest BCUT2D eigenvalue weighted by Crippen LogP contribution is 2.39. The van der Waals surface area contributed by atoms with Crippen molar-refractivity contribution >= 4 is 33.3 Å². The summed E-state index contributed by atoms with van der Waals surface area (Å²) in [6.07, 6.45) is 0. The first-order valence-corrected chi connectivity index (χ1v) is 12.1. The third-order valence-corrected chi connectivity index (χ3v) is 7.42. The molecular formula is C24H26ClNO6S. The molecule has 0 aliphatic rings. The second kappa shape index (κ2) is 9.49. The Balaban J connectivity index is 2.04. The van der Waals surface area contributed by atoms with Gasteiger partial charge in [-0.25, -0.2) is 4.79 Å². The van der Waals surface area contributed by atoms with Crippen LogP contribution in [0, 0.1) is 20.8 Å². The van der Waals surface area contributed by atoms with E-state index in [-0.39, 0.29) is 22.9 Å². The van der Waals surface area contributed by atoms with Gasteiger partial charge in [0.25, 0.3) is 10.0 Å². The van der Waals surface area contributed by atoms with Gasteiger partial charge in [-0.1, -0.05) is 17.7 Å². The molecular weight excluding hydrogens is 466 g/mol. The second-order valence-electron chi connectivity index (χ2n) is 8.06. The second-order valence-corrected chi connectivity index (χ2v) is 10.2. The zero-order valence-electron chi connectivity index (χ0n) is 19.0. The van der Waals surface area contributed by atoms with Crippen LogP contribution in [0.15, 0.2) is 52.0 Å². The lowest BCUT2D eigenvalue weighted by atomic mass is 10.1. The van der Waals surface area contributed by atoms with Gasteiger partial charge in [0, 0.05) is 11.1 Å². The van der Waals surface area contributed by atoms with E-state index in [0.29, 0.717) is 16.5 Å². The normalized spacial score (nSPS) is 11.6. The van der Waals surface area contributed by atoms with E-state index in [1.54, 1.807) is 65.0 Å². The predicted octanol–water partition coefficient (Wildman–Crippen LogP) is 5.74. The number of aryl methyl sites for hydroxylation is 3. The zero-order valence-corrected chi connectivity index (χ0v) is 20.6. The van der Waals surface area contributed by atoms with E-state index >= 15 is 0 Å². The average Bonchev–Trinajstić information content (AvgIpc) is 3.17. The van der Waals surface area contributed by atoms with Crippen LogP contribution in [0.2, 0.25) is 5.02 Å². The molecule has 1 heterocycles. The van der Waals surface area contributed by atoms with Crippen LogP contribution < -0.4 is 9.04 Å². The minimum Gasteiger partial charge on any atom is -0.487 e. The number of furan rings is 1. The molecule has 33 heavy (non-hydrogen) atoms. The number of benzene rings is 2. The van der Waals surface area contributed by atoms with Crippen LogP contribution in [0.25, 0.3) is 0 Å². The van der Waals surface area contributed by atoms with E-state index in [0.717, 1.165) is 16.7 Å². The summed E-state index contributed by atoms with van der Waals surface area (Å²) in [5, 5.41) is 9.40. The van der Waals surface area contributed by atoms with Gasteiger partial charge in [-0.15, -0.1) is 0 Å². The van der Waals surface area contributed by atoms with Gasteiger partial charge in [0.2, 0.25) is 5.09 Å². The van der Waals surface area contributed by atoms with Gasteiger partial charge >= 0.3 is 5.97 Å². The third kappa shape index (κ3) is 5.17. The summed E-state index contributed by atoms with van der Waals surface area (Å²) in [6.45, 7) is 8.89. The van der Waals surface area contributed by atoms with E-state index < -0.39 is 22.0 Å². The van der Waals surface area contributed by atoms with Crippen LogP contribution in [0.1, 0.15) is 46.7 Å². The lowest BCUT2D eigenvalue weighted by Gasteiger charge is -2.29. The quantitative estimate of drug-likeness (QED) is 0.431. The van der Waals surface area contributed by atoms with Gasteiger partial charge in [-0.3, -0.25) is 4.31 Å². The zero-order chi connectivity index (χ0) is 24.5. The summed E-state index contributed by atoms with van der Waals surface area (Å²) in [5.41, 5.74) is 2.73. The number of ether oxygens (including phenoxy) is 1. The van der Waals surface area contributed by atoms with Gasteiger partial charge in [0.15, 0.2) is 0 Å². The highest BCUT2D eigenvalue weighted by molar-refractivity contribution is 7.92. The molecule has 1 aromatic heterocycles. The van der Waals surface area contributed by atoms with Crippen LogP contribution in [0.3, 0.4) is 0 Å². The van der Waals surface area contributed by atoms with E-state index in [4.69, 9.17) is 20.8 Å². The smallest absolute Gasteiger partial charge is 0.335 e. The first-order valence-electron chi connectivity index (χ1n) is 10.3. The number of hydrogen-bond acceptors (Lipinski definition) is 5. The Labute approximate surface area is 198 Å². The highest BCUT2D eigenvalue weighted by Gasteiger charge is 2.33. The number of hydrogen-bond donors (Lipinski definition) is 1. The van der Waals surface area contributed by atoms with Crippen molar-refractivity contribution in [1.29, 1.82) is 0 Å². The maximum Gasteiger partial charge on any atom is 0.335 e. The fourth-order valence-electron chi connectivity index (χ4n) is 3.41. The maximum atomic E-state index is 13.4. The van der Waals surface area contributed by atoms with Crippen molar-refractivity contribution in [2.45, 2.75) is 52.4 Å². The first kappa shape index (κ1) is 24.7. The Kier molecular flexibility index (Phi) is 7.09. The molecule has 0 spiro atoms. The number of aromatic carboxylic acids is 1. The van der Waals surface area contributed by atoms with Crippen LogP contribution in [-0.4, -0.2) is 25.5 Å². The van der Waals surface area contributed by atoms with Crippen molar-refractivity contribution in [3.8, 4) is 5.75 Å². The van der Waals surface area contributed by atoms with E-state index in [1.807, 2.05) is 0 Å². The third-order valence-electron chi connectivity index (χ3n) is 5.15. The fourth-order valence-corrected chi connectivity index (χ4v) is 5.20. The number of halogens is 1. The molecule has 0 amide bonds. The molecule has 3 rings (SSSR count). The van der Waals surface area contributed by atoms with E-state index in [1.165, 1.54) is 16.4 Å². The number of carbonyl (C=O) groups is 1. The molecule has 9 heteroatoms. The number of carboxylic acids is 1. The largest absolute Gasteiger partial charge is 0.487 e. The molecule has 0 saturated heterocycles. The molecule has 176 valence electrons. The SMILES string of the molecule is Cc1ccc(S(=O)(=O)N(c2cc(Cl)c(C)cc2OCc2ccc(C(=O)O)cc2C)C(C)C)o1. The maximum absolute atomic E-state index is 13.4. The van der Waals surface area contributed by atoms with Crippen molar-refractivity contribution < 1.29 is 27.5 Å². The standard InChI is InChI=1S/C24H26ClNO6S/c1-14(2)26(33(29,30)23-9-6-17(5)32-23)21-12-20(25)16(4)11-22(21)31-13-19-8-7-18(24(27)28)10-15(19)3/h6-12,14H,13H2,1-5H3,(H,27,28). The number of rotatable bonds is 8. The Morgan fingerprint density at radius 3 is 2.33 bits per heavy atom. The number of carboxylic acid groups (broad SMARTS) is 1. The lowest BCUT2D eigenvalue weighted by molar-refractivity contribution is 0.0696. The summed E-state index contributed by atoms with van der Waals surface area (Å²) in [4.78, 5) is 11.2. The van der Waals surface area contributed by atoms with E-state index in [9.17, 15) is 18.3 Å². The Morgan fingerprint density at radius 1 is 1.09 bits per heavy atom. The predicted molar refractivity (Wildman–Crippen MR) is 127 cm³/mol. The van der Waals surface area contributed by atoms with Gasteiger partial charge in [-0.2, -0.15) is 8.42 Å².